The zero-order valence-electron chi connectivity index (χ0n) is 9.64. The quantitative estimate of drug-likeness (QED) is 0.793. The molecule has 1 aromatic rings. The van der Waals surface area contributed by atoms with E-state index in [0.717, 1.165) is 5.56 Å². The van der Waals surface area contributed by atoms with Gasteiger partial charge in [-0.1, -0.05) is 30.3 Å². The maximum Gasteiger partial charge on any atom is 0.248 e. The molecule has 0 spiro atoms. The average Bonchev–Trinajstić information content (AvgIpc) is 2.75. The van der Waals surface area contributed by atoms with E-state index >= 15 is 0 Å². The van der Waals surface area contributed by atoms with Gasteiger partial charge in [0.15, 0.2) is 5.96 Å². The Hall–Kier alpha value is -1.88. The Labute approximate surface area is 99.9 Å². The van der Waals surface area contributed by atoms with Crippen molar-refractivity contribution in [3.63, 3.8) is 0 Å². The number of methoxy groups -OCH3 is 1. The average molecular weight is 233 g/mol. The molecule has 0 fully saturated rings. The first-order valence-electron chi connectivity index (χ1n) is 5.44. The van der Waals surface area contributed by atoms with E-state index in [2.05, 4.69) is 15.6 Å². The highest BCUT2D eigenvalue weighted by atomic mass is 16.5. The number of hydrogen-bond acceptors (Lipinski definition) is 4. The van der Waals surface area contributed by atoms with Gasteiger partial charge in [0, 0.05) is 7.11 Å². The molecule has 1 amide bonds. The molecule has 0 bridgehead atoms. The molecule has 90 valence electrons. The second kappa shape index (κ2) is 5.45. The van der Waals surface area contributed by atoms with Crippen molar-refractivity contribution in [1.29, 1.82) is 0 Å². The predicted molar refractivity (Wildman–Crippen MR) is 64.6 cm³/mol. The molecule has 1 aliphatic heterocycles. The molecule has 1 atom stereocenters. The van der Waals surface area contributed by atoms with Crippen LogP contribution in [0.5, 0.6) is 0 Å². The molecule has 5 nitrogen and oxygen atoms in total. The Kier molecular flexibility index (Phi) is 3.72. The molecule has 0 unspecified atom stereocenters. The smallest absolute Gasteiger partial charge is 0.248 e. The van der Waals surface area contributed by atoms with Crippen LogP contribution in [-0.4, -0.2) is 32.1 Å². The van der Waals surface area contributed by atoms with Crippen LogP contribution in [0.2, 0.25) is 0 Å². The predicted octanol–water partition coefficient (Wildman–Crippen LogP) is 0.450. The van der Waals surface area contributed by atoms with E-state index in [4.69, 9.17) is 4.74 Å². The fourth-order valence-corrected chi connectivity index (χ4v) is 1.68. The van der Waals surface area contributed by atoms with Crippen LogP contribution in [0.25, 0.3) is 0 Å². The van der Waals surface area contributed by atoms with Crippen LogP contribution in [0.4, 0.5) is 0 Å². The Morgan fingerprint density at radius 3 is 2.82 bits per heavy atom. The molecule has 1 heterocycles. The third kappa shape index (κ3) is 3.04. The summed E-state index contributed by atoms with van der Waals surface area (Å²) in [6.07, 6.45) is 0. The van der Waals surface area contributed by atoms with E-state index < -0.39 is 0 Å². The zero-order chi connectivity index (χ0) is 12.1. The van der Waals surface area contributed by atoms with Crippen molar-refractivity contribution in [2.24, 2.45) is 4.99 Å². The SMILES string of the molecule is COC[C@H](NC1=NCC(=O)N1)c1ccccc1. The molecule has 5 heteroatoms. The lowest BCUT2D eigenvalue weighted by Gasteiger charge is -2.19. The van der Waals surface area contributed by atoms with Gasteiger partial charge in [-0.05, 0) is 5.56 Å². The first kappa shape index (κ1) is 11.6. The van der Waals surface area contributed by atoms with Crippen molar-refractivity contribution < 1.29 is 9.53 Å². The number of carbonyl (C=O) groups is 1. The topological polar surface area (TPSA) is 62.7 Å². The standard InChI is InChI=1S/C12H15N3O2/c1-17-8-10(9-5-3-2-4-6-9)14-12-13-7-11(16)15-12/h2-6,10H,7-8H2,1H3,(H2,13,14,15,16)/t10-/m0/s1. The highest BCUT2D eigenvalue weighted by molar-refractivity contribution is 6.02. The fraction of sp³-hybridized carbons (Fsp3) is 0.333. The monoisotopic (exact) mass is 233 g/mol. The van der Waals surface area contributed by atoms with Gasteiger partial charge in [0.25, 0.3) is 0 Å². The van der Waals surface area contributed by atoms with Crippen LogP contribution in [0.1, 0.15) is 11.6 Å². The maximum atomic E-state index is 11.0. The van der Waals surface area contributed by atoms with E-state index in [1.54, 1.807) is 7.11 Å². The molecule has 1 aromatic carbocycles. The third-order valence-corrected chi connectivity index (χ3v) is 2.48. The van der Waals surface area contributed by atoms with Crippen LogP contribution >= 0.6 is 0 Å². The molecule has 0 aromatic heterocycles. The second-order valence-corrected chi connectivity index (χ2v) is 3.78. The summed E-state index contributed by atoms with van der Waals surface area (Å²) in [4.78, 5) is 15.1. The Morgan fingerprint density at radius 2 is 2.24 bits per heavy atom. The summed E-state index contributed by atoms with van der Waals surface area (Å²) in [6.45, 7) is 0.704. The van der Waals surface area contributed by atoms with Crippen LogP contribution < -0.4 is 10.6 Å². The Bertz CT molecular complexity index is 417. The maximum absolute atomic E-state index is 11.0. The molecular formula is C12H15N3O2. The van der Waals surface area contributed by atoms with Crippen LogP contribution in [0.3, 0.4) is 0 Å². The van der Waals surface area contributed by atoms with Crippen molar-refractivity contribution in [3.05, 3.63) is 35.9 Å². The van der Waals surface area contributed by atoms with Gasteiger partial charge < -0.3 is 10.1 Å². The van der Waals surface area contributed by atoms with Gasteiger partial charge >= 0.3 is 0 Å². The summed E-state index contributed by atoms with van der Waals surface area (Å²) in [5.41, 5.74) is 1.10. The minimum atomic E-state index is -0.0864. The van der Waals surface area contributed by atoms with Crippen molar-refractivity contribution in [2.75, 3.05) is 20.3 Å². The number of rotatable bonds is 4. The van der Waals surface area contributed by atoms with E-state index in [9.17, 15) is 4.79 Å². The normalized spacial score (nSPS) is 16.3. The molecular weight excluding hydrogens is 218 g/mol. The Balaban J connectivity index is 2.05. The van der Waals surface area contributed by atoms with Crippen molar-refractivity contribution in [1.82, 2.24) is 10.6 Å². The number of carbonyl (C=O) groups excluding carboxylic acids is 1. The summed E-state index contributed by atoms with van der Waals surface area (Å²) in [7, 11) is 1.65. The largest absolute Gasteiger partial charge is 0.382 e. The molecule has 0 saturated carbocycles. The highest BCUT2D eigenvalue weighted by Crippen LogP contribution is 2.12. The first-order valence-corrected chi connectivity index (χ1v) is 5.44. The number of guanidine groups is 1. The van der Waals surface area contributed by atoms with Gasteiger partial charge in [-0.3, -0.25) is 10.1 Å². The third-order valence-electron chi connectivity index (χ3n) is 2.48. The second-order valence-electron chi connectivity index (χ2n) is 3.78. The summed E-state index contributed by atoms with van der Waals surface area (Å²) in [6, 6.07) is 9.89. The lowest BCUT2D eigenvalue weighted by molar-refractivity contribution is -0.117. The van der Waals surface area contributed by atoms with Crippen molar-refractivity contribution in [2.45, 2.75) is 6.04 Å². The number of benzene rings is 1. The van der Waals surface area contributed by atoms with Crippen LogP contribution in [-0.2, 0) is 9.53 Å². The number of hydrogen-bond donors (Lipinski definition) is 2. The zero-order valence-corrected chi connectivity index (χ0v) is 9.64. The van der Waals surface area contributed by atoms with Crippen molar-refractivity contribution >= 4 is 11.9 Å². The van der Waals surface area contributed by atoms with Gasteiger partial charge in [0.2, 0.25) is 5.91 Å². The Morgan fingerprint density at radius 1 is 1.47 bits per heavy atom. The lowest BCUT2D eigenvalue weighted by atomic mass is 10.1. The number of ether oxygens (including phenoxy) is 1. The highest BCUT2D eigenvalue weighted by Gasteiger charge is 2.18. The van der Waals surface area contributed by atoms with Gasteiger partial charge in [0.05, 0.1) is 12.6 Å². The van der Waals surface area contributed by atoms with E-state index in [1.165, 1.54) is 0 Å². The van der Waals surface area contributed by atoms with Gasteiger partial charge in [-0.2, -0.15) is 0 Å². The fourth-order valence-electron chi connectivity index (χ4n) is 1.68. The van der Waals surface area contributed by atoms with E-state index in [0.29, 0.717) is 12.6 Å². The van der Waals surface area contributed by atoms with Crippen LogP contribution in [0.15, 0.2) is 35.3 Å². The number of aliphatic imine (C=N–C) groups is 1. The number of nitrogens with zero attached hydrogens (tertiary/aromatic N) is 1. The molecule has 0 radical (unpaired) electrons. The summed E-state index contributed by atoms with van der Waals surface area (Å²) in [5, 5.41) is 5.81. The molecule has 2 N–H and O–H groups in total. The molecule has 0 saturated heterocycles. The minimum Gasteiger partial charge on any atom is -0.382 e. The summed E-state index contributed by atoms with van der Waals surface area (Å²) in [5.74, 6) is 0.428. The lowest BCUT2D eigenvalue weighted by Crippen LogP contribution is -2.40. The summed E-state index contributed by atoms with van der Waals surface area (Å²) < 4.78 is 5.17. The number of nitrogens with one attached hydrogen (secondary N) is 2. The summed E-state index contributed by atoms with van der Waals surface area (Å²) >= 11 is 0. The van der Waals surface area contributed by atoms with Gasteiger partial charge in [0.1, 0.15) is 6.54 Å². The number of amides is 1. The minimum absolute atomic E-state index is 0.0154. The van der Waals surface area contributed by atoms with Crippen molar-refractivity contribution in [3.8, 4) is 0 Å². The molecule has 2 rings (SSSR count). The first-order chi connectivity index (χ1) is 8.29. The molecule has 17 heavy (non-hydrogen) atoms. The molecule has 0 aliphatic carbocycles. The van der Waals surface area contributed by atoms with Gasteiger partial charge in [-0.25, -0.2) is 4.99 Å². The molecule has 1 aliphatic rings. The van der Waals surface area contributed by atoms with Gasteiger partial charge in [-0.15, -0.1) is 0 Å². The van der Waals surface area contributed by atoms with E-state index in [1.807, 2.05) is 30.3 Å². The van der Waals surface area contributed by atoms with E-state index in [-0.39, 0.29) is 18.5 Å². The van der Waals surface area contributed by atoms with Crippen LogP contribution in [0, 0.1) is 0 Å².